The Labute approximate surface area is 155 Å². The van der Waals surface area contributed by atoms with Crippen molar-refractivity contribution in [3.63, 3.8) is 0 Å². The summed E-state index contributed by atoms with van der Waals surface area (Å²) < 4.78 is 10.4. The van der Waals surface area contributed by atoms with Gasteiger partial charge in [-0.15, -0.1) is 0 Å². The van der Waals surface area contributed by atoms with Crippen LogP contribution in [0.4, 0.5) is 5.69 Å². The summed E-state index contributed by atoms with van der Waals surface area (Å²) >= 11 is 11.8. The molecule has 0 fully saturated rings. The highest BCUT2D eigenvalue weighted by Crippen LogP contribution is 2.25. The van der Waals surface area contributed by atoms with E-state index in [9.17, 15) is 9.59 Å². The Bertz CT molecular complexity index is 779. The second-order valence-electron chi connectivity index (χ2n) is 5.35. The van der Waals surface area contributed by atoms with E-state index in [2.05, 4.69) is 5.32 Å². The van der Waals surface area contributed by atoms with Crippen molar-refractivity contribution >= 4 is 40.8 Å². The number of anilines is 1. The van der Waals surface area contributed by atoms with Crippen molar-refractivity contribution in [3.8, 4) is 5.75 Å². The number of amides is 1. The van der Waals surface area contributed by atoms with Crippen molar-refractivity contribution < 1.29 is 19.1 Å². The maximum atomic E-state index is 12.1. The van der Waals surface area contributed by atoms with Crippen LogP contribution in [0.25, 0.3) is 0 Å². The van der Waals surface area contributed by atoms with Gasteiger partial charge in [-0.3, -0.25) is 4.79 Å². The molecule has 2 aromatic carbocycles. The molecule has 0 heterocycles. The number of aryl methyl sites for hydroxylation is 1. The van der Waals surface area contributed by atoms with Crippen molar-refractivity contribution in [2.24, 2.45) is 0 Å². The topological polar surface area (TPSA) is 64.6 Å². The van der Waals surface area contributed by atoms with Crippen LogP contribution in [0, 0.1) is 6.92 Å². The van der Waals surface area contributed by atoms with E-state index in [4.69, 9.17) is 32.7 Å². The predicted octanol–water partition coefficient (Wildman–Crippen LogP) is 4.25. The summed E-state index contributed by atoms with van der Waals surface area (Å²) in [6.45, 7) is 3.08. The van der Waals surface area contributed by atoms with E-state index >= 15 is 0 Å². The van der Waals surface area contributed by atoms with Gasteiger partial charge in [0.25, 0.3) is 5.91 Å². The Balaban J connectivity index is 1.85. The van der Waals surface area contributed by atoms with Crippen LogP contribution < -0.4 is 10.1 Å². The van der Waals surface area contributed by atoms with Gasteiger partial charge < -0.3 is 14.8 Å². The first-order chi connectivity index (χ1) is 11.8. The third-order valence-electron chi connectivity index (χ3n) is 3.21. The van der Waals surface area contributed by atoms with E-state index in [-0.39, 0.29) is 6.61 Å². The monoisotopic (exact) mass is 381 g/mol. The van der Waals surface area contributed by atoms with Crippen LogP contribution in [0.15, 0.2) is 42.5 Å². The van der Waals surface area contributed by atoms with Gasteiger partial charge >= 0.3 is 5.97 Å². The van der Waals surface area contributed by atoms with E-state index in [0.717, 1.165) is 5.56 Å². The van der Waals surface area contributed by atoms with Crippen LogP contribution in [-0.4, -0.2) is 24.6 Å². The van der Waals surface area contributed by atoms with Gasteiger partial charge in [0.15, 0.2) is 12.7 Å². The normalized spacial score (nSPS) is 11.5. The molecule has 25 heavy (non-hydrogen) atoms. The molecule has 0 spiro atoms. The molecule has 0 bridgehead atoms. The first-order valence-corrected chi connectivity index (χ1v) is 8.25. The third-order valence-corrected chi connectivity index (χ3v) is 3.77. The number of esters is 1. The van der Waals surface area contributed by atoms with Crippen molar-refractivity contribution in [2.45, 2.75) is 20.0 Å². The standard InChI is InChI=1S/C18H17Cl2NO4/c1-11-4-3-5-14(8-11)24-10-17(22)25-12(2)18(23)21-16-9-13(19)6-7-15(16)20/h3-9,12H,10H2,1-2H3,(H,21,23)/t12-/m0/s1. The molecule has 2 aromatic rings. The number of halogens is 2. The molecule has 7 heteroatoms. The highest BCUT2D eigenvalue weighted by Gasteiger charge is 2.19. The first-order valence-electron chi connectivity index (χ1n) is 7.50. The lowest BCUT2D eigenvalue weighted by molar-refractivity contribution is -0.155. The molecule has 5 nitrogen and oxygen atoms in total. The average molecular weight is 382 g/mol. The second-order valence-corrected chi connectivity index (χ2v) is 6.19. The molecule has 1 N–H and O–H groups in total. The molecule has 2 rings (SSSR count). The molecule has 0 aliphatic carbocycles. The molecule has 0 aliphatic heterocycles. The van der Waals surface area contributed by atoms with E-state index in [1.165, 1.54) is 13.0 Å². The van der Waals surface area contributed by atoms with Crippen LogP contribution >= 0.6 is 23.2 Å². The smallest absolute Gasteiger partial charge is 0.344 e. The number of hydrogen-bond acceptors (Lipinski definition) is 4. The molecule has 0 aromatic heterocycles. The van der Waals surface area contributed by atoms with Gasteiger partial charge in [0.05, 0.1) is 10.7 Å². The lowest BCUT2D eigenvalue weighted by atomic mass is 10.2. The molecule has 1 atom stereocenters. The summed E-state index contributed by atoms with van der Waals surface area (Å²) in [6.07, 6.45) is -1.01. The van der Waals surface area contributed by atoms with Gasteiger partial charge in [-0.1, -0.05) is 35.3 Å². The largest absolute Gasteiger partial charge is 0.482 e. The van der Waals surface area contributed by atoms with E-state index in [1.807, 2.05) is 19.1 Å². The van der Waals surface area contributed by atoms with Gasteiger partial charge in [-0.2, -0.15) is 0 Å². The second kappa shape index (κ2) is 8.74. The lowest BCUT2D eigenvalue weighted by Gasteiger charge is -2.14. The Morgan fingerprint density at radius 1 is 1.16 bits per heavy atom. The quantitative estimate of drug-likeness (QED) is 0.759. The van der Waals surface area contributed by atoms with Crippen LogP contribution in [0.1, 0.15) is 12.5 Å². The Kier molecular flexibility index (Phi) is 6.67. The molecule has 0 aliphatic rings. The van der Waals surface area contributed by atoms with Crippen molar-refractivity contribution in [3.05, 3.63) is 58.1 Å². The Morgan fingerprint density at radius 3 is 2.64 bits per heavy atom. The summed E-state index contributed by atoms with van der Waals surface area (Å²) in [5.41, 5.74) is 1.36. The zero-order valence-electron chi connectivity index (χ0n) is 13.7. The number of rotatable bonds is 6. The van der Waals surface area contributed by atoms with E-state index < -0.39 is 18.0 Å². The SMILES string of the molecule is Cc1cccc(OCC(=O)O[C@@H](C)C(=O)Nc2cc(Cl)ccc2Cl)c1. The Hall–Kier alpha value is -2.24. The van der Waals surface area contributed by atoms with Crippen molar-refractivity contribution in [1.82, 2.24) is 0 Å². The maximum absolute atomic E-state index is 12.1. The molecule has 1 amide bonds. The number of nitrogens with one attached hydrogen (secondary N) is 1. The van der Waals surface area contributed by atoms with Crippen molar-refractivity contribution in [2.75, 3.05) is 11.9 Å². The number of ether oxygens (including phenoxy) is 2. The molecular formula is C18H17Cl2NO4. The number of carbonyl (C=O) groups excluding carboxylic acids is 2. The Morgan fingerprint density at radius 2 is 1.92 bits per heavy atom. The maximum Gasteiger partial charge on any atom is 0.344 e. The minimum absolute atomic E-state index is 0.293. The minimum atomic E-state index is -1.01. The highest BCUT2D eigenvalue weighted by atomic mass is 35.5. The zero-order chi connectivity index (χ0) is 18.4. The van der Waals surface area contributed by atoms with E-state index in [1.54, 1.807) is 24.3 Å². The van der Waals surface area contributed by atoms with Crippen LogP contribution in [0.2, 0.25) is 10.0 Å². The highest BCUT2D eigenvalue weighted by molar-refractivity contribution is 6.35. The summed E-state index contributed by atoms with van der Waals surface area (Å²) in [4.78, 5) is 23.9. The van der Waals surface area contributed by atoms with Crippen LogP contribution in [0.3, 0.4) is 0 Å². The van der Waals surface area contributed by atoms with Gasteiger partial charge in [0.1, 0.15) is 5.75 Å². The molecule has 0 radical (unpaired) electrons. The molecule has 0 unspecified atom stereocenters. The summed E-state index contributed by atoms with van der Waals surface area (Å²) in [7, 11) is 0. The molecule has 0 saturated carbocycles. The number of hydrogen-bond donors (Lipinski definition) is 1. The minimum Gasteiger partial charge on any atom is -0.482 e. The van der Waals surface area contributed by atoms with Gasteiger partial charge in [-0.25, -0.2) is 4.79 Å². The summed E-state index contributed by atoms with van der Waals surface area (Å²) in [5, 5.41) is 3.32. The van der Waals surface area contributed by atoms with Gasteiger partial charge in [0.2, 0.25) is 0 Å². The zero-order valence-corrected chi connectivity index (χ0v) is 15.2. The van der Waals surface area contributed by atoms with Crippen LogP contribution in [0.5, 0.6) is 5.75 Å². The molecule has 0 saturated heterocycles. The number of carbonyl (C=O) groups is 2. The van der Waals surface area contributed by atoms with Gasteiger partial charge in [0, 0.05) is 5.02 Å². The van der Waals surface area contributed by atoms with E-state index in [0.29, 0.717) is 21.5 Å². The molecule has 132 valence electrons. The van der Waals surface area contributed by atoms with Gasteiger partial charge in [-0.05, 0) is 49.7 Å². The molecular weight excluding hydrogens is 365 g/mol. The third kappa shape index (κ3) is 5.96. The summed E-state index contributed by atoms with van der Waals surface area (Å²) in [6, 6.07) is 11.9. The average Bonchev–Trinajstić information content (AvgIpc) is 2.56. The predicted molar refractivity (Wildman–Crippen MR) is 97.3 cm³/mol. The fraction of sp³-hybridized carbons (Fsp3) is 0.222. The lowest BCUT2D eigenvalue weighted by Crippen LogP contribution is -2.31. The van der Waals surface area contributed by atoms with Crippen LogP contribution in [-0.2, 0) is 14.3 Å². The summed E-state index contributed by atoms with van der Waals surface area (Å²) in [5.74, 6) is -0.616. The fourth-order valence-electron chi connectivity index (χ4n) is 1.96. The fourth-order valence-corrected chi connectivity index (χ4v) is 2.30. The first kappa shape index (κ1) is 19.1. The van der Waals surface area contributed by atoms with Crippen molar-refractivity contribution in [1.29, 1.82) is 0 Å². The number of benzene rings is 2.